The molecular formula is C14H21FN2O3S. The second kappa shape index (κ2) is 7.97. The molecule has 0 aliphatic rings. The normalized spacial score (nSPS) is 11.2. The predicted octanol–water partition coefficient (Wildman–Crippen LogP) is 1.90. The maximum absolute atomic E-state index is 13.7. The lowest BCUT2D eigenvalue weighted by molar-refractivity contribution is -0.121. The fraction of sp³-hybridized carbons (Fsp3) is 0.500. The first-order chi connectivity index (χ1) is 9.86. The van der Waals surface area contributed by atoms with Crippen LogP contribution in [0.1, 0.15) is 26.2 Å². The van der Waals surface area contributed by atoms with Gasteiger partial charge in [0.15, 0.2) is 0 Å². The van der Waals surface area contributed by atoms with Crippen LogP contribution in [0.3, 0.4) is 0 Å². The van der Waals surface area contributed by atoms with Gasteiger partial charge in [0.05, 0.1) is 11.9 Å². The highest BCUT2D eigenvalue weighted by atomic mass is 32.2. The Morgan fingerprint density at radius 1 is 1.33 bits per heavy atom. The van der Waals surface area contributed by atoms with Crippen molar-refractivity contribution >= 4 is 21.6 Å². The molecule has 0 unspecified atom stereocenters. The van der Waals surface area contributed by atoms with E-state index in [9.17, 15) is 17.6 Å². The Kier molecular flexibility index (Phi) is 6.61. The number of nitrogens with zero attached hydrogens (tertiary/aromatic N) is 1. The minimum absolute atomic E-state index is 0.00830. The summed E-state index contributed by atoms with van der Waals surface area (Å²) >= 11 is 0. The summed E-state index contributed by atoms with van der Waals surface area (Å²) in [6.45, 7) is 2.62. The van der Waals surface area contributed by atoms with Gasteiger partial charge in [-0.2, -0.15) is 0 Å². The highest BCUT2D eigenvalue weighted by molar-refractivity contribution is 7.92. The zero-order valence-corrected chi connectivity index (χ0v) is 13.1. The van der Waals surface area contributed by atoms with Crippen molar-refractivity contribution in [3.8, 4) is 0 Å². The zero-order chi connectivity index (χ0) is 15.9. The number of sulfonamides is 1. The molecule has 0 bridgehead atoms. The van der Waals surface area contributed by atoms with Crippen molar-refractivity contribution in [2.45, 2.75) is 26.2 Å². The Balaban J connectivity index is 2.70. The molecule has 1 amide bonds. The molecule has 0 fully saturated rings. The number of benzene rings is 1. The number of hydrogen-bond donors (Lipinski definition) is 1. The second-order valence-electron chi connectivity index (χ2n) is 4.74. The van der Waals surface area contributed by atoms with Gasteiger partial charge in [0.1, 0.15) is 5.82 Å². The number of halogens is 1. The summed E-state index contributed by atoms with van der Waals surface area (Å²) in [4.78, 5) is 11.5. The molecule has 0 saturated carbocycles. The van der Waals surface area contributed by atoms with Crippen LogP contribution >= 0.6 is 0 Å². The topological polar surface area (TPSA) is 66.5 Å². The average Bonchev–Trinajstić information content (AvgIpc) is 2.41. The molecule has 0 aliphatic heterocycles. The molecule has 118 valence electrons. The minimum atomic E-state index is -3.59. The smallest absolute Gasteiger partial charge is 0.232 e. The van der Waals surface area contributed by atoms with Crippen LogP contribution < -0.4 is 9.62 Å². The van der Waals surface area contributed by atoms with E-state index in [4.69, 9.17) is 0 Å². The van der Waals surface area contributed by atoms with Crippen LogP contribution in [-0.2, 0) is 14.8 Å². The van der Waals surface area contributed by atoms with E-state index in [1.165, 1.54) is 18.2 Å². The van der Waals surface area contributed by atoms with Crippen molar-refractivity contribution in [3.63, 3.8) is 0 Å². The van der Waals surface area contributed by atoms with Crippen LogP contribution in [0, 0.1) is 5.82 Å². The number of para-hydroxylation sites is 1. The molecule has 7 heteroatoms. The molecule has 0 heterocycles. The SMILES string of the molecule is CCCNC(=O)CCCN(c1ccccc1F)S(C)(=O)=O. The molecule has 1 rings (SSSR count). The summed E-state index contributed by atoms with van der Waals surface area (Å²) in [5.74, 6) is -0.725. The summed E-state index contributed by atoms with van der Waals surface area (Å²) in [6, 6.07) is 5.69. The van der Waals surface area contributed by atoms with Crippen LogP contribution in [0.5, 0.6) is 0 Å². The van der Waals surface area contributed by atoms with Gasteiger partial charge in [-0.1, -0.05) is 19.1 Å². The summed E-state index contributed by atoms with van der Waals surface area (Å²) in [5.41, 5.74) is 0.00830. The molecule has 0 radical (unpaired) electrons. The fourth-order valence-electron chi connectivity index (χ4n) is 1.85. The first-order valence-corrected chi connectivity index (χ1v) is 8.70. The van der Waals surface area contributed by atoms with Crippen LogP contribution in [0.2, 0.25) is 0 Å². The minimum Gasteiger partial charge on any atom is -0.356 e. The third-order valence-electron chi connectivity index (χ3n) is 2.86. The van der Waals surface area contributed by atoms with E-state index in [-0.39, 0.29) is 24.6 Å². The number of rotatable bonds is 8. The number of carbonyl (C=O) groups is 1. The van der Waals surface area contributed by atoms with E-state index in [1.54, 1.807) is 6.07 Å². The van der Waals surface area contributed by atoms with E-state index >= 15 is 0 Å². The van der Waals surface area contributed by atoms with Gasteiger partial charge >= 0.3 is 0 Å². The van der Waals surface area contributed by atoms with Crippen LogP contribution in [-0.4, -0.2) is 33.7 Å². The maximum Gasteiger partial charge on any atom is 0.232 e. The van der Waals surface area contributed by atoms with Crippen LogP contribution in [0.4, 0.5) is 10.1 Å². The average molecular weight is 316 g/mol. The lowest BCUT2D eigenvalue weighted by Gasteiger charge is -2.22. The maximum atomic E-state index is 13.7. The Labute approximate surface area is 125 Å². The van der Waals surface area contributed by atoms with Gasteiger partial charge in [-0.15, -0.1) is 0 Å². The van der Waals surface area contributed by atoms with Crippen LogP contribution in [0.15, 0.2) is 24.3 Å². The summed E-state index contributed by atoms with van der Waals surface area (Å²) in [5, 5.41) is 2.71. The molecule has 0 saturated heterocycles. The standard InChI is InChI=1S/C14H21FN2O3S/c1-3-10-16-14(18)9-6-11-17(21(2,19)20)13-8-5-4-7-12(13)15/h4-5,7-8H,3,6,9-11H2,1-2H3,(H,16,18). The first kappa shape index (κ1) is 17.4. The third kappa shape index (κ3) is 5.71. The van der Waals surface area contributed by atoms with Crippen molar-refractivity contribution in [2.24, 2.45) is 0 Å². The number of amides is 1. The van der Waals surface area contributed by atoms with E-state index in [2.05, 4.69) is 5.32 Å². The highest BCUT2D eigenvalue weighted by Gasteiger charge is 2.20. The number of nitrogens with one attached hydrogen (secondary N) is 1. The van der Waals surface area contributed by atoms with E-state index in [0.717, 1.165) is 17.0 Å². The predicted molar refractivity (Wildman–Crippen MR) is 81.1 cm³/mol. The lowest BCUT2D eigenvalue weighted by Crippen LogP contribution is -2.32. The molecule has 1 aromatic carbocycles. The van der Waals surface area contributed by atoms with E-state index in [0.29, 0.717) is 13.0 Å². The molecule has 5 nitrogen and oxygen atoms in total. The summed E-state index contributed by atoms with van der Waals surface area (Å²) in [7, 11) is -3.59. The van der Waals surface area contributed by atoms with Crippen molar-refractivity contribution in [1.29, 1.82) is 0 Å². The lowest BCUT2D eigenvalue weighted by atomic mass is 10.2. The monoisotopic (exact) mass is 316 g/mol. The van der Waals surface area contributed by atoms with Gasteiger partial charge in [-0.3, -0.25) is 9.10 Å². The quantitative estimate of drug-likeness (QED) is 0.796. The van der Waals surface area contributed by atoms with Gasteiger partial charge in [0, 0.05) is 19.5 Å². The van der Waals surface area contributed by atoms with Gasteiger partial charge in [-0.05, 0) is 25.0 Å². The number of anilines is 1. The molecule has 0 aromatic heterocycles. The Morgan fingerprint density at radius 2 is 2.00 bits per heavy atom. The van der Waals surface area contributed by atoms with Gasteiger partial charge in [-0.25, -0.2) is 12.8 Å². The Morgan fingerprint density at radius 3 is 2.57 bits per heavy atom. The third-order valence-corrected chi connectivity index (χ3v) is 4.04. The molecule has 0 spiro atoms. The van der Waals surface area contributed by atoms with E-state index in [1.807, 2.05) is 6.92 Å². The molecule has 0 aliphatic carbocycles. The summed E-state index contributed by atoms with van der Waals surface area (Å²) in [6.07, 6.45) is 2.41. The van der Waals surface area contributed by atoms with Gasteiger partial charge < -0.3 is 5.32 Å². The number of hydrogen-bond acceptors (Lipinski definition) is 3. The first-order valence-electron chi connectivity index (χ1n) is 6.85. The van der Waals surface area contributed by atoms with Crippen LogP contribution in [0.25, 0.3) is 0 Å². The Hall–Kier alpha value is -1.63. The van der Waals surface area contributed by atoms with E-state index < -0.39 is 15.8 Å². The molecule has 1 aromatic rings. The second-order valence-corrected chi connectivity index (χ2v) is 6.65. The Bertz CT molecular complexity index is 575. The summed E-state index contributed by atoms with van der Waals surface area (Å²) < 4.78 is 38.3. The largest absolute Gasteiger partial charge is 0.356 e. The van der Waals surface area contributed by atoms with Crippen molar-refractivity contribution in [2.75, 3.05) is 23.7 Å². The number of carbonyl (C=O) groups excluding carboxylic acids is 1. The zero-order valence-electron chi connectivity index (χ0n) is 12.3. The fourth-order valence-corrected chi connectivity index (χ4v) is 2.82. The molecule has 1 N–H and O–H groups in total. The molecule has 0 atom stereocenters. The highest BCUT2D eigenvalue weighted by Crippen LogP contribution is 2.21. The van der Waals surface area contributed by atoms with Crippen molar-refractivity contribution in [3.05, 3.63) is 30.1 Å². The van der Waals surface area contributed by atoms with Crippen molar-refractivity contribution < 1.29 is 17.6 Å². The van der Waals surface area contributed by atoms with Gasteiger partial charge in [0.25, 0.3) is 0 Å². The molecular weight excluding hydrogens is 295 g/mol. The van der Waals surface area contributed by atoms with Gasteiger partial charge in [0.2, 0.25) is 15.9 Å². The van der Waals surface area contributed by atoms with Crippen molar-refractivity contribution in [1.82, 2.24) is 5.32 Å². The molecule has 21 heavy (non-hydrogen) atoms.